The van der Waals surface area contributed by atoms with E-state index >= 15 is 0 Å². The summed E-state index contributed by atoms with van der Waals surface area (Å²) in [6.45, 7) is 6.12. The summed E-state index contributed by atoms with van der Waals surface area (Å²) in [5.41, 5.74) is 1.57. The Morgan fingerprint density at radius 3 is 2.62 bits per heavy atom. The van der Waals surface area contributed by atoms with Crippen LogP contribution in [0.1, 0.15) is 30.3 Å². The van der Waals surface area contributed by atoms with Crippen LogP contribution in [0.2, 0.25) is 0 Å². The van der Waals surface area contributed by atoms with Crippen LogP contribution >= 0.6 is 0 Å². The van der Waals surface area contributed by atoms with Crippen molar-refractivity contribution in [3.8, 4) is 0 Å². The minimum atomic E-state index is 0.0106. The number of nitrogens with zero attached hydrogens (tertiary/aromatic N) is 5. The lowest BCUT2D eigenvalue weighted by molar-refractivity contribution is 0.0740. The molecule has 0 N–H and O–H groups in total. The summed E-state index contributed by atoms with van der Waals surface area (Å²) in [4.78, 5) is 27.8. The van der Waals surface area contributed by atoms with E-state index < -0.39 is 0 Å². The molecule has 138 valence electrons. The number of aromatic nitrogens is 2. The van der Waals surface area contributed by atoms with E-state index in [1.807, 2.05) is 35.2 Å². The molecule has 1 fully saturated rings. The van der Waals surface area contributed by atoms with E-state index in [0.29, 0.717) is 18.8 Å². The lowest BCUT2D eigenvalue weighted by atomic mass is 10.2. The second-order valence-electron chi connectivity index (χ2n) is 6.64. The molecule has 0 aliphatic carbocycles. The molecule has 26 heavy (non-hydrogen) atoms. The number of pyridine rings is 2. The van der Waals surface area contributed by atoms with E-state index in [0.717, 1.165) is 44.0 Å². The van der Waals surface area contributed by atoms with E-state index in [1.165, 1.54) is 0 Å². The van der Waals surface area contributed by atoms with Crippen molar-refractivity contribution in [3.05, 3.63) is 48.4 Å². The highest BCUT2D eigenvalue weighted by Crippen LogP contribution is 2.17. The van der Waals surface area contributed by atoms with E-state index in [-0.39, 0.29) is 5.91 Å². The normalized spacial score (nSPS) is 14.4. The zero-order valence-electron chi connectivity index (χ0n) is 15.6. The highest BCUT2D eigenvalue weighted by Gasteiger charge is 2.23. The Balaban J connectivity index is 1.62. The molecule has 0 bridgehead atoms. The molecule has 6 heteroatoms. The maximum Gasteiger partial charge on any atom is 0.272 e. The monoisotopic (exact) mass is 353 g/mol. The highest BCUT2D eigenvalue weighted by molar-refractivity contribution is 5.93. The first kappa shape index (κ1) is 18.2. The van der Waals surface area contributed by atoms with E-state index in [1.54, 1.807) is 12.4 Å². The standard InChI is InChI=1S/C20H27N5O/c1-3-4-11-23(2)17-8-10-21-18(16-17)20(26)25-14-12-24(13-15-25)19-7-5-6-9-22-19/h5-10,16H,3-4,11-15H2,1-2H3. The molecule has 0 saturated carbocycles. The van der Waals surface area contributed by atoms with Gasteiger partial charge < -0.3 is 14.7 Å². The van der Waals surface area contributed by atoms with Gasteiger partial charge in [-0.05, 0) is 30.7 Å². The van der Waals surface area contributed by atoms with E-state index in [9.17, 15) is 4.79 Å². The fourth-order valence-electron chi connectivity index (χ4n) is 3.14. The van der Waals surface area contributed by atoms with Crippen molar-refractivity contribution < 1.29 is 4.79 Å². The number of amides is 1. The SMILES string of the molecule is CCCCN(C)c1ccnc(C(=O)N2CCN(c3ccccn3)CC2)c1. The first-order valence-corrected chi connectivity index (χ1v) is 9.31. The Morgan fingerprint density at radius 1 is 1.12 bits per heavy atom. The van der Waals surface area contributed by atoms with Crippen LogP contribution in [0.25, 0.3) is 0 Å². The quantitative estimate of drug-likeness (QED) is 0.799. The largest absolute Gasteiger partial charge is 0.374 e. The summed E-state index contributed by atoms with van der Waals surface area (Å²) < 4.78 is 0. The first-order chi connectivity index (χ1) is 12.7. The second-order valence-corrected chi connectivity index (χ2v) is 6.64. The van der Waals surface area contributed by atoms with Gasteiger partial charge in [0.1, 0.15) is 11.5 Å². The molecule has 0 atom stereocenters. The van der Waals surface area contributed by atoms with Crippen molar-refractivity contribution >= 4 is 17.4 Å². The fourth-order valence-corrected chi connectivity index (χ4v) is 3.14. The van der Waals surface area contributed by atoms with Crippen LogP contribution in [0.5, 0.6) is 0 Å². The molecule has 1 aliphatic heterocycles. The van der Waals surface area contributed by atoms with Gasteiger partial charge in [-0.2, -0.15) is 0 Å². The van der Waals surface area contributed by atoms with Gasteiger partial charge in [0, 0.05) is 57.9 Å². The van der Waals surface area contributed by atoms with Gasteiger partial charge in [-0.3, -0.25) is 9.78 Å². The molecule has 1 aliphatic rings. The molecule has 0 unspecified atom stereocenters. The van der Waals surface area contributed by atoms with Crippen molar-refractivity contribution in [3.63, 3.8) is 0 Å². The Labute approximate surface area is 155 Å². The number of hydrogen-bond donors (Lipinski definition) is 0. The summed E-state index contributed by atoms with van der Waals surface area (Å²) in [6.07, 6.45) is 5.83. The molecule has 2 aromatic heterocycles. The fraction of sp³-hybridized carbons (Fsp3) is 0.450. The summed E-state index contributed by atoms with van der Waals surface area (Å²) in [7, 11) is 2.06. The topological polar surface area (TPSA) is 52.6 Å². The molecule has 2 aromatic rings. The average Bonchev–Trinajstić information content (AvgIpc) is 2.72. The maximum atomic E-state index is 12.8. The Morgan fingerprint density at radius 2 is 1.92 bits per heavy atom. The third-order valence-electron chi connectivity index (χ3n) is 4.79. The lowest BCUT2D eigenvalue weighted by Crippen LogP contribution is -2.49. The molecular formula is C20H27N5O. The maximum absolute atomic E-state index is 12.8. The van der Waals surface area contributed by atoms with Crippen LogP contribution in [0.3, 0.4) is 0 Å². The Hall–Kier alpha value is -2.63. The molecule has 1 saturated heterocycles. The third-order valence-corrected chi connectivity index (χ3v) is 4.79. The number of unbranched alkanes of at least 4 members (excludes halogenated alkanes) is 1. The molecule has 0 spiro atoms. The molecule has 3 rings (SSSR count). The number of rotatable bonds is 6. The van der Waals surface area contributed by atoms with Gasteiger partial charge in [-0.25, -0.2) is 4.98 Å². The second kappa shape index (κ2) is 8.65. The van der Waals surface area contributed by atoms with Gasteiger partial charge in [0.25, 0.3) is 5.91 Å². The summed E-state index contributed by atoms with van der Waals surface area (Å²) in [6, 6.07) is 9.78. The van der Waals surface area contributed by atoms with Crippen molar-refractivity contribution in [1.29, 1.82) is 0 Å². The summed E-state index contributed by atoms with van der Waals surface area (Å²) in [5, 5.41) is 0. The molecule has 0 radical (unpaired) electrons. The van der Waals surface area contributed by atoms with Gasteiger partial charge in [0.05, 0.1) is 0 Å². The predicted octanol–water partition coefficient (Wildman–Crippen LogP) is 2.68. The minimum absolute atomic E-state index is 0.0106. The molecule has 6 nitrogen and oxygen atoms in total. The molecule has 1 amide bonds. The zero-order chi connectivity index (χ0) is 18.4. The van der Waals surface area contributed by atoms with Gasteiger partial charge in [0.2, 0.25) is 0 Å². The van der Waals surface area contributed by atoms with Crippen molar-refractivity contribution in [2.24, 2.45) is 0 Å². The van der Waals surface area contributed by atoms with Crippen LogP contribution in [0.15, 0.2) is 42.7 Å². The van der Waals surface area contributed by atoms with Crippen molar-refractivity contribution in [2.75, 3.05) is 49.6 Å². The zero-order valence-corrected chi connectivity index (χ0v) is 15.6. The first-order valence-electron chi connectivity index (χ1n) is 9.31. The molecular weight excluding hydrogens is 326 g/mol. The number of piperazine rings is 1. The van der Waals surface area contributed by atoms with Crippen LogP contribution in [0.4, 0.5) is 11.5 Å². The van der Waals surface area contributed by atoms with Crippen LogP contribution < -0.4 is 9.80 Å². The molecule has 0 aromatic carbocycles. The van der Waals surface area contributed by atoms with Crippen molar-refractivity contribution in [1.82, 2.24) is 14.9 Å². The van der Waals surface area contributed by atoms with Gasteiger partial charge in [-0.1, -0.05) is 19.4 Å². The summed E-state index contributed by atoms with van der Waals surface area (Å²) >= 11 is 0. The Kier molecular flexibility index (Phi) is 6.04. The van der Waals surface area contributed by atoms with E-state index in [4.69, 9.17) is 0 Å². The minimum Gasteiger partial charge on any atom is -0.374 e. The van der Waals surface area contributed by atoms with Crippen LogP contribution in [-0.4, -0.2) is 60.5 Å². The smallest absolute Gasteiger partial charge is 0.272 e. The predicted molar refractivity (Wildman–Crippen MR) is 105 cm³/mol. The number of carbonyl (C=O) groups excluding carboxylic acids is 1. The van der Waals surface area contributed by atoms with Gasteiger partial charge >= 0.3 is 0 Å². The van der Waals surface area contributed by atoms with Crippen LogP contribution in [-0.2, 0) is 0 Å². The van der Waals surface area contributed by atoms with Crippen LogP contribution in [0, 0.1) is 0 Å². The molecule has 3 heterocycles. The number of anilines is 2. The highest BCUT2D eigenvalue weighted by atomic mass is 16.2. The van der Waals surface area contributed by atoms with Crippen molar-refractivity contribution in [2.45, 2.75) is 19.8 Å². The number of carbonyl (C=O) groups is 1. The average molecular weight is 353 g/mol. The Bertz CT molecular complexity index is 713. The third kappa shape index (κ3) is 4.31. The van der Waals surface area contributed by atoms with Gasteiger partial charge in [-0.15, -0.1) is 0 Å². The number of hydrogen-bond acceptors (Lipinski definition) is 5. The summed E-state index contributed by atoms with van der Waals surface area (Å²) in [5.74, 6) is 0.980. The van der Waals surface area contributed by atoms with Gasteiger partial charge in [0.15, 0.2) is 0 Å². The van der Waals surface area contributed by atoms with E-state index in [2.05, 4.69) is 33.7 Å². The lowest BCUT2D eigenvalue weighted by Gasteiger charge is -2.35.